The summed E-state index contributed by atoms with van der Waals surface area (Å²) in [5.74, 6) is -0.303. The maximum atomic E-state index is 12.1. The third-order valence-corrected chi connectivity index (χ3v) is 3.15. The molecule has 5 heteroatoms. The molecule has 0 bridgehead atoms. The van der Waals surface area contributed by atoms with Crippen LogP contribution in [0.3, 0.4) is 0 Å². The summed E-state index contributed by atoms with van der Waals surface area (Å²) >= 11 is 11.6. The van der Waals surface area contributed by atoms with Crippen LogP contribution in [0.15, 0.2) is 36.4 Å². The van der Waals surface area contributed by atoms with Gasteiger partial charge in [0.1, 0.15) is 10.3 Å². The van der Waals surface area contributed by atoms with Crippen LogP contribution in [0, 0.1) is 0 Å². The maximum Gasteiger partial charge on any atom is 0.258 e. The first kappa shape index (κ1) is 13.8. The summed E-state index contributed by atoms with van der Waals surface area (Å²) in [7, 11) is 0. The third-order valence-electron chi connectivity index (χ3n) is 2.65. The van der Waals surface area contributed by atoms with Gasteiger partial charge >= 0.3 is 0 Å². The Bertz CT molecular complexity index is 614. The molecule has 2 aromatic rings. The van der Waals surface area contributed by atoms with Crippen molar-refractivity contribution in [2.75, 3.05) is 5.32 Å². The topological polar surface area (TPSA) is 42.0 Å². The summed E-state index contributed by atoms with van der Waals surface area (Å²) in [5, 5.41) is 3.14. The number of rotatable bonds is 3. The summed E-state index contributed by atoms with van der Waals surface area (Å²) < 4.78 is 0. The molecule has 19 heavy (non-hydrogen) atoms. The summed E-state index contributed by atoms with van der Waals surface area (Å²) in [4.78, 5) is 15.9. The van der Waals surface area contributed by atoms with E-state index < -0.39 is 0 Å². The number of hydrogen-bond acceptors (Lipinski definition) is 2. The van der Waals surface area contributed by atoms with Crippen molar-refractivity contribution >= 4 is 34.8 Å². The van der Waals surface area contributed by atoms with Gasteiger partial charge in [-0.1, -0.05) is 42.3 Å². The number of aryl methyl sites for hydroxylation is 1. The molecule has 1 aromatic carbocycles. The number of hydrogen-bond donors (Lipinski definition) is 1. The van der Waals surface area contributed by atoms with Crippen LogP contribution in [0.25, 0.3) is 0 Å². The van der Waals surface area contributed by atoms with Crippen LogP contribution in [0.2, 0.25) is 10.3 Å². The fourth-order valence-electron chi connectivity index (χ4n) is 1.65. The van der Waals surface area contributed by atoms with Gasteiger partial charge in [-0.3, -0.25) is 4.79 Å². The number of nitrogens with zero attached hydrogens (tertiary/aromatic N) is 1. The van der Waals surface area contributed by atoms with Gasteiger partial charge < -0.3 is 5.32 Å². The number of anilines is 1. The quantitative estimate of drug-likeness (QED) is 0.862. The number of benzene rings is 1. The second-order valence-corrected chi connectivity index (χ2v) is 4.73. The van der Waals surface area contributed by atoms with Crippen LogP contribution >= 0.6 is 23.2 Å². The fourth-order valence-corrected chi connectivity index (χ4v) is 2.08. The van der Waals surface area contributed by atoms with Crippen LogP contribution in [0.4, 0.5) is 5.69 Å². The number of nitrogens with one attached hydrogen (secondary N) is 1. The Hall–Kier alpha value is -1.58. The van der Waals surface area contributed by atoms with Gasteiger partial charge in [0.15, 0.2) is 0 Å². The molecular weight excluding hydrogens is 283 g/mol. The van der Waals surface area contributed by atoms with E-state index in [0.717, 1.165) is 17.7 Å². The van der Waals surface area contributed by atoms with Crippen molar-refractivity contribution < 1.29 is 4.79 Å². The van der Waals surface area contributed by atoms with Crippen LogP contribution in [-0.2, 0) is 6.42 Å². The smallest absolute Gasteiger partial charge is 0.258 e. The highest BCUT2D eigenvalue weighted by Gasteiger charge is 2.12. The monoisotopic (exact) mass is 294 g/mol. The van der Waals surface area contributed by atoms with Gasteiger partial charge in [0, 0.05) is 5.69 Å². The molecule has 1 N–H and O–H groups in total. The number of carbonyl (C=O) groups excluding carboxylic acids is 1. The maximum absolute atomic E-state index is 12.1. The van der Waals surface area contributed by atoms with E-state index in [1.807, 2.05) is 24.3 Å². The molecule has 0 atom stereocenters. The van der Waals surface area contributed by atoms with Crippen molar-refractivity contribution in [3.05, 3.63) is 57.8 Å². The predicted molar refractivity (Wildman–Crippen MR) is 78.0 cm³/mol. The third kappa shape index (κ3) is 3.46. The molecule has 2 rings (SSSR count). The Balaban J connectivity index is 2.20. The number of pyridine rings is 1. The first-order valence-electron chi connectivity index (χ1n) is 5.82. The molecule has 0 spiro atoms. The highest BCUT2D eigenvalue weighted by atomic mass is 35.5. The van der Waals surface area contributed by atoms with E-state index >= 15 is 0 Å². The Morgan fingerprint density at radius 2 is 2.05 bits per heavy atom. The number of carbonyl (C=O) groups is 1. The molecule has 1 heterocycles. The lowest BCUT2D eigenvalue weighted by molar-refractivity contribution is 0.102. The lowest BCUT2D eigenvalue weighted by Gasteiger charge is -2.07. The van der Waals surface area contributed by atoms with Gasteiger partial charge in [0.25, 0.3) is 5.91 Å². The predicted octanol–water partition coefficient (Wildman–Crippen LogP) is 4.20. The molecule has 0 fully saturated rings. The minimum atomic E-state index is -0.303. The largest absolute Gasteiger partial charge is 0.322 e. The molecule has 0 aliphatic carbocycles. The van der Waals surface area contributed by atoms with Crippen LogP contribution in [0.1, 0.15) is 22.8 Å². The molecule has 0 saturated carbocycles. The first-order valence-corrected chi connectivity index (χ1v) is 6.58. The zero-order chi connectivity index (χ0) is 13.8. The lowest BCUT2D eigenvalue weighted by atomic mass is 10.1. The molecule has 3 nitrogen and oxygen atoms in total. The molecule has 0 saturated heterocycles. The van der Waals surface area contributed by atoms with E-state index in [1.54, 1.807) is 6.07 Å². The lowest BCUT2D eigenvalue weighted by Crippen LogP contribution is -2.13. The van der Waals surface area contributed by atoms with Crippen LogP contribution in [0.5, 0.6) is 0 Å². The van der Waals surface area contributed by atoms with Crippen molar-refractivity contribution in [2.24, 2.45) is 0 Å². The second-order valence-electron chi connectivity index (χ2n) is 3.98. The average Bonchev–Trinajstić information content (AvgIpc) is 2.38. The van der Waals surface area contributed by atoms with Crippen LogP contribution < -0.4 is 5.32 Å². The van der Waals surface area contributed by atoms with Gasteiger partial charge in [0.2, 0.25) is 0 Å². The van der Waals surface area contributed by atoms with Crippen molar-refractivity contribution in [3.63, 3.8) is 0 Å². The minimum Gasteiger partial charge on any atom is -0.322 e. The molecule has 1 aromatic heterocycles. The van der Waals surface area contributed by atoms with E-state index in [1.165, 1.54) is 6.07 Å². The number of aromatic nitrogens is 1. The van der Waals surface area contributed by atoms with Crippen molar-refractivity contribution in [3.8, 4) is 0 Å². The van der Waals surface area contributed by atoms with E-state index in [4.69, 9.17) is 23.2 Å². The van der Waals surface area contributed by atoms with Crippen molar-refractivity contribution in [1.29, 1.82) is 0 Å². The molecule has 1 amide bonds. The second kappa shape index (κ2) is 6.04. The summed E-state index contributed by atoms with van der Waals surface area (Å²) in [6, 6.07) is 10.7. The Kier molecular flexibility index (Phi) is 4.40. The summed E-state index contributed by atoms with van der Waals surface area (Å²) in [5.41, 5.74) is 2.18. The number of amides is 1. The van der Waals surface area contributed by atoms with Crippen molar-refractivity contribution in [1.82, 2.24) is 4.98 Å². The van der Waals surface area contributed by atoms with E-state index in [-0.39, 0.29) is 16.2 Å². The summed E-state index contributed by atoms with van der Waals surface area (Å²) in [6.45, 7) is 2.06. The Morgan fingerprint density at radius 3 is 2.74 bits per heavy atom. The molecular formula is C14H12Cl2N2O. The molecule has 98 valence electrons. The van der Waals surface area contributed by atoms with E-state index in [2.05, 4.69) is 17.2 Å². The molecule has 0 unspecified atom stereocenters. The van der Waals surface area contributed by atoms with Gasteiger partial charge in [-0.2, -0.15) is 0 Å². The zero-order valence-electron chi connectivity index (χ0n) is 10.3. The standard InChI is InChI=1S/C14H12Cl2N2O/c1-2-9-4-3-5-10(8-9)17-14(19)11-6-7-12(15)18-13(11)16/h3-8H,2H2,1H3,(H,17,19). The SMILES string of the molecule is CCc1cccc(NC(=O)c2ccc(Cl)nc2Cl)c1. The average molecular weight is 295 g/mol. The van der Waals surface area contributed by atoms with E-state index in [9.17, 15) is 4.79 Å². The minimum absolute atomic E-state index is 0.0941. The van der Waals surface area contributed by atoms with Gasteiger partial charge in [-0.25, -0.2) is 4.98 Å². The summed E-state index contributed by atoms with van der Waals surface area (Å²) in [6.07, 6.45) is 0.910. The van der Waals surface area contributed by atoms with Gasteiger partial charge in [-0.05, 0) is 36.2 Å². The molecule has 0 aliphatic heterocycles. The van der Waals surface area contributed by atoms with Gasteiger partial charge in [0.05, 0.1) is 5.56 Å². The first-order chi connectivity index (χ1) is 9.10. The van der Waals surface area contributed by atoms with E-state index in [0.29, 0.717) is 5.56 Å². The molecule has 0 radical (unpaired) electrons. The molecule has 0 aliphatic rings. The number of halogens is 2. The van der Waals surface area contributed by atoms with Gasteiger partial charge in [-0.15, -0.1) is 0 Å². The zero-order valence-corrected chi connectivity index (χ0v) is 11.8. The highest BCUT2D eigenvalue weighted by molar-refractivity contribution is 6.35. The van der Waals surface area contributed by atoms with Crippen LogP contribution in [-0.4, -0.2) is 10.9 Å². The highest BCUT2D eigenvalue weighted by Crippen LogP contribution is 2.19. The fraction of sp³-hybridized carbons (Fsp3) is 0.143. The Morgan fingerprint density at radius 1 is 1.26 bits per heavy atom. The normalized spacial score (nSPS) is 10.3. The Labute approximate surface area is 121 Å². The van der Waals surface area contributed by atoms with Crippen molar-refractivity contribution in [2.45, 2.75) is 13.3 Å².